The maximum Gasteiger partial charge on any atom is 0.452 e. The molecular weight excluding hydrogens is 513 g/mol. The molecule has 2 aromatic heterocycles. The number of hydrogen-bond acceptors (Lipinski definition) is 6. The number of hydrogen-bond donors (Lipinski definition) is 2. The van der Waals surface area contributed by atoms with Gasteiger partial charge in [-0.25, -0.2) is 9.97 Å². The van der Waals surface area contributed by atoms with Crippen LogP contribution in [0, 0.1) is 0 Å². The highest BCUT2D eigenvalue weighted by molar-refractivity contribution is 6.74. The van der Waals surface area contributed by atoms with Crippen molar-refractivity contribution >= 4 is 25.7 Å². The highest BCUT2D eigenvalue weighted by atomic mass is 28.4. The molecule has 2 atom stereocenters. The maximum atomic E-state index is 13.6. The lowest BCUT2D eigenvalue weighted by atomic mass is 10.2. The molecule has 0 bridgehead atoms. The van der Waals surface area contributed by atoms with Crippen LogP contribution >= 0.6 is 0 Å². The summed E-state index contributed by atoms with van der Waals surface area (Å²) in [7, 11) is -1.84. The third-order valence-corrected chi connectivity index (χ3v) is 11.7. The summed E-state index contributed by atoms with van der Waals surface area (Å²) < 4.78 is 52.2. The smallest absolute Gasteiger partial charge is 0.431 e. The molecule has 1 saturated carbocycles. The molecule has 2 heterocycles. The number of pyridine rings is 1. The molecule has 38 heavy (non-hydrogen) atoms. The molecule has 1 aliphatic rings. The Balaban J connectivity index is 1.39. The van der Waals surface area contributed by atoms with Gasteiger partial charge in [-0.2, -0.15) is 13.2 Å². The standard InChI is InChI=1S/C27H33F3N4O3Si/c1-26(2,3)38(4,5)37-20-13-11-18(15-20)32-21-14-12-19(16-31-21)33-24(35)22-23(27(28,29)30)36-25(34-22)17-9-7-6-8-10-17/h6-10,12,14,16,18,20H,11,13,15H2,1-5H3,(H,31,32)(H,33,35)/t18-,20+/m0/s1. The van der Waals surface area contributed by atoms with E-state index in [4.69, 9.17) is 8.84 Å². The Hall–Kier alpha value is -3.18. The summed E-state index contributed by atoms with van der Waals surface area (Å²) in [4.78, 5) is 20.9. The van der Waals surface area contributed by atoms with Crippen LogP contribution in [0.4, 0.5) is 24.7 Å². The first-order chi connectivity index (χ1) is 17.7. The first-order valence-electron chi connectivity index (χ1n) is 12.6. The van der Waals surface area contributed by atoms with E-state index in [0.29, 0.717) is 11.4 Å². The van der Waals surface area contributed by atoms with Gasteiger partial charge in [-0.1, -0.05) is 39.0 Å². The Morgan fingerprint density at radius 1 is 1.08 bits per heavy atom. The maximum absolute atomic E-state index is 13.6. The number of carbonyl (C=O) groups excluding carboxylic acids is 1. The van der Waals surface area contributed by atoms with Gasteiger partial charge in [0, 0.05) is 17.7 Å². The minimum atomic E-state index is -4.88. The molecule has 1 aliphatic carbocycles. The summed E-state index contributed by atoms with van der Waals surface area (Å²) in [6, 6.07) is 11.6. The summed E-state index contributed by atoms with van der Waals surface area (Å²) in [6.45, 7) is 11.2. The summed E-state index contributed by atoms with van der Waals surface area (Å²) in [5, 5.41) is 5.98. The van der Waals surface area contributed by atoms with E-state index in [2.05, 4.69) is 54.5 Å². The molecule has 1 amide bonds. The number of aromatic nitrogens is 2. The van der Waals surface area contributed by atoms with Gasteiger partial charge >= 0.3 is 6.18 Å². The Morgan fingerprint density at radius 2 is 1.79 bits per heavy atom. The van der Waals surface area contributed by atoms with Gasteiger partial charge in [-0.05, 0) is 61.7 Å². The van der Waals surface area contributed by atoms with Crippen molar-refractivity contribution in [3.8, 4) is 11.5 Å². The Kier molecular flexibility index (Phi) is 7.71. The van der Waals surface area contributed by atoms with E-state index in [1.165, 1.54) is 6.20 Å². The second-order valence-electron chi connectivity index (χ2n) is 11.1. The number of rotatable bonds is 7. The van der Waals surface area contributed by atoms with E-state index in [1.54, 1.807) is 42.5 Å². The number of carbonyl (C=O) groups is 1. The largest absolute Gasteiger partial charge is 0.452 e. The molecule has 11 heteroatoms. The van der Waals surface area contributed by atoms with Crippen molar-refractivity contribution in [1.82, 2.24) is 9.97 Å². The van der Waals surface area contributed by atoms with Gasteiger partial charge in [0.25, 0.3) is 5.91 Å². The lowest BCUT2D eigenvalue weighted by Gasteiger charge is -2.38. The zero-order chi connectivity index (χ0) is 27.7. The van der Waals surface area contributed by atoms with Crippen LogP contribution in [0.25, 0.3) is 11.5 Å². The van der Waals surface area contributed by atoms with E-state index in [0.717, 1.165) is 19.3 Å². The molecule has 0 radical (unpaired) electrons. The van der Waals surface area contributed by atoms with Gasteiger partial charge in [-0.15, -0.1) is 0 Å². The summed E-state index contributed by atoms with van der Waals surface area (Å²) in [6.07, 6.45) is -0.477. The second-order valence-corrected chi connectivity index (χ2v) is 15.9. The van der Waals surface area contributed by atoms with Crippen molar-refractivity contribution in [2.75, 3.05) is 10.6 Å². The number of alkyl halides is 3. The van der Waals surface area contributed by atoms with Crippen molar-refractivity contribution in [3.63, 3.8) is 0 Å². The number of anilines is 2. The molecule has 1 aromatic carbocycles. The number of benzene rings is 1. The molecule has 7 nitrogen and oxygen atoms in total. The minimum absolute atomic E-state index is 0.149. The highest BCUT2D eigenvalue weighted by Gasteiger charge is 2.42. The van der Waals surface area contributed by atoms with E-state index >= 15 is 0 Å². The zero-order valence-electron chi connectivity index (χ0n) is 22.1. The van der Waals surface area contributed by atoms with E-state index in [9.17, 15) is 18.0 Å². The normalized spacial score (nSPS) is 18.4. The molecule has 3 aromatic rings. The van der Waals surface area contributed by atoms with Crippen LogP contribution < -0.4 is 10.6 Å². The molecule has 2 N–H and O–H groups in total. The van der Waals surface area contributed by atoms with Crippen molar-refractivity contribution in [2.45, 2.75) is 76.5 Å². The quantitative estimate of drug-likeness (QED) is 0.301. The predicted molar refractivity (Wildman–Crippen MR) is 142 cm³/mol. The fraction of sp³-hybridized carbons (Fsp3) is 0.444. The molecular formula is C27H33F3N4O3Si. The third kappa shape index (κ3) is 6.44. The van der Waals surface area contributed by atoms with Crippen LogP contribution in [0.2, 0.25) is 18.1 Å². The molecule has 4 rings (SSSR count). The fourth-order valence-corrected chi connectivity index (χ4v) is 5.50. The first kappa shape index (κ1) is 27.8. The van der Waals surface area contributed by atoms with Gasteiger partial charge in [0.05, 0.1) is 11.9 Å². The van der Waals surface area contributed by atoms with Crippen LogP contribution in [0.3, 0.4) is 0 Å². The summed E-state index contributed by atoms with van der Waals surface area (Å²) in [5.74, 6) is -2.15. The van der Waals surface area contributed by atoms with Crippen molar-refractivity contribution < 1.29 is 26.8 Å². The number of oxazole rings is 1. The zero-order valence-corrected chi connectivity index (χ0v) is 23.1. The molecule has 0 spiro atoms. The van der Waals surface area contributed by atoms with Crippen LogP contribution in [0.1, 0.15) is 56.3 Å². The van der Waals surface area contributed by atoms with Crippen LogP contribution in [-0.4, -0.2) is 36.3 Å². The number of halogens is 3. The minimum Gasteiger partial charge on any atom is -0.431 e. The lowest BCUT2D eigenvalue weighted by Crippen LogP contribution is -2.43. The third-order valence-electron chi connectivity index (χ3n) is 7.15. The highest BCUT2D eigenvalue weighted by Crippen LogP contribution is 2.40. The van der Waals surface area contributed by atoms with Crippen molar-refractivity contribution in [1.29, 1.82) is 0 Å². The van der Waals surface area contributed by atoms with E-state index in [1.807, 2.05) is 0 Å². The van der Waals surface area contributed by atoms with Crippen LogP contribution in [-0.2, 0) is 10.6 Å². The molecule has 1 fully saturated rings. The average Bonchev–Trinajstić information content (AvgIpc) is 3.47. The first-order valence-corrected chi connectivity index (χ1v) is 15.5. The Labute approximate surface area is 221 Å². The molecule has 0 aliphatic heterocycles. The van der Waals surface area contributed by atoms with Crippen molar-refractivity contribution in [2.24, 2.45) is 0 Å². The molecule has 0 unspecified atom stereocenters. The van der Waals surface area contributed by atoms with Gasteiger partial charge < -0.3 is 19.5 Å². The van der Waals surface area contributed by atoms with Gasteiger partial charge in [0.2, 0.25) is 11.7 Å². The second kappa shape index (κ2) is 10.5. The molecule has 204 valence electrons. The SMILES string of the molecule is CC(C)(C)[Si](C)(C)O[C@@H]1CC[C@H](Nc2ccc(NC(=O)c3nc(-c4ccccc4)oc3C(F)(F)F)cn2)C1. The summed E-state index contributed by atoms with van der Waals surface area (Å²) >= 11 is 0. The average molecular weight is 547 g/mol. The van der Waals surface area contributed by atoms with Gasteiger partial charge in [0.1, 0.15) is 5.82 Å². The van der Waals surface area contributed by atoms with Crippen LogP contribution in [0.5, 0.6) is 0 Å². The predicted octanol–water partition coefficient (Wildman–Crippen LogP) is 7.36. The van der Waals surface area contributed by atoms with E-state index in [-0.39, 0.29) is 28.8 Å². The number of nitrogens with zero attached hydrogens (tertiary/aromatic N) is 2. The Bertz CT molecular complexity index is 1260. The van der Waals surface area contributed by atoms with Crippen LogP contribution in [0.15, 0.2) is 53.1 Å². The van der Waals surface area contributed by atoms with Crippen molar-refractivity contribution in [3.05, 3.63) is 60.1 Å². The van der Waals surface area contributed by atoms with E-state index < -0.39 is 31.9 Å². The molecule has 0 saturated heterocycles. The lowest BCUT2D eigenvalue weighted by molar-refractivity contribution is -0.153. The monoisotopic (exact) mass is 546 g/mol. The number of amides is 1. The van der Waals surface area contributed by atoms with Gasteiger partial charge in [-0.3, -0.25) is 4.79 Å². The fourth-order valence-electron chi connectivity index (χ4n) is 4.09. The van der Waals surface area contributed by atoms with Gasteiger partial charge in [0.15, 0.2) is 14.0 Å². The Morgan fingerprint density at radius 3 is 2.39 bits per heavy atom. The summed E-state index contributed by atoms with van der Waals surface area (Å²) in [5.41, 5.74) is -0.265. The number of nitrogens with one attached hydrogen (secondary N) is 2. The topological polar surface area (TPSA) is 89.3 Å².